The molecule has 0 radical (unpaired) electrons. The fourth-order valence-electron chi connectivity index (χ4n) is 1.73. The third kappa shape index (κ3) is 4.00. The van der Waals surface area contributed by atoms with Gasteiger partial charge in [-0.25, -0.2) is 0 Å². The maximum Gasteiger partial charge on any atom is 0.318 e. The molecule has 0 fully saturated rings. The zero-order valence-electron chi connectivity index (χ0n) is 13.1. The van der Waals surface area contributed by atoms with Crippen LogP contribution in [0.1, 0.15) is 18.3 Å². The number of carbonyl (C=O) groups is 1. The van der Waals surface area contributed by atoms with Gasteiger partial charge in [0.15, 0.2) is 11.0 Å². The number of rotatable bonds is 6. The van der Waals surface area contributed by atoms with Gasteiger partial charge in [0.25, 0.3) is 0 Å². The molecule has 1 unspecified atom stereocenters. The standard InChI is InChI=1S/C15H19N3O3S/c1-10-5-7-12(8-6-10)21-9-13-16-17-15(18(13)3)22-11(2)14(19)20-4/h5-8,11H,9H2,1-4H3. The van der Waals surface area contributed by atoms with E-state index in [1.165, 1.54) is 24.4 Å². The monoisotopic (exact) mass is 321 g/mol. The van der Waals surface area contributed by atoms with Crippen LogP contribution < -0.4 is 4.74 Å². The van der Waals surface area contributed by atoms with Crippen molar-refractivity contribution in [2.75, 3.05) is 7.11 Å². The number of carbonyl (C=O) groups excluding carboxylic acids is 1. The molecule has 0 bridgehead atoms. The third-order valence-electron chi connectivity index (χ3n) is 3.13. The second-order valence-electron chi connectivity index (χ2n) is 4.84. The van der Waals surface area contributed by atoms with Crippen molar-refractivity contribution < 1.29 is 14.3 Å². The topological polar surface area (TPSA) is 66.2 Å². The number of methoxy groups -OCH3 is 1. The molecular weight excluding hydrogens is 302 g/mol. The van der Waals surface area contributed by atoms with Gasteiger partial charge in [0.1, 0.15) is 17.6 Å². The fraction of sp³-hybridized carbons (Fsp3) is 0.400. The molecule has 6 nitrogen and oxygen atoms in total. The highest BCUT2D eigenvalue weighted by molar-refractivity contribution is 8.00. The largest absolute Gasteiger partial charge is 0.486 e. The molecule has 0 N–H and O–H groups in total. The molecule has 118 valence electrons. The third-order valence-corrected chi connectivity index (χ3v) is 4.24. The lowest BCUT2D eigenvalue weighted by Gasteiger charge is -2.09. The smallest absolute Gasteiger partial charge is 0.318 e. The van der Waals surface area contributed by atoms with Gasteiger partial charge in [0.05, 0.1) is 7.11 Å². The molecule has 0 saturated heterocycles. The molecule has 0 saturated carbocycles. The van der Waals surface area contributed by atoms with Crippen LogP contribution in [0.25, 0.3) is 0 Å². The van der Waals surface area contributed by atoms with Crippen LogP contribution in [0.15, 0.2) is 29.4 Å². The van der Waals surface area contributed by atoms with Crippen molar-refractivity contribution in [1.82, 2.24) is 14.8 Å². The molecule has 0 spiro atoms. The number of thioether (sulfide) groups is 1. The van der Waals surface area contributed by atoms with E-state index >= 15 is 0 Å². The fourth-order valence-corrected chi connectivity index (χ4v) is 2.59. The van der Waals surface area contributed by atoms with Crippen LogP contribution >= 0.6 is 11.8 Å². The average molecular weight is 321 g/mol. The zero-order valence-corrected chi connectivity index (χ0v) is 13.9. The van der Waals surface area contributed by atoms with Crippen LogP contribution in [0, 0.1) is 6.92 Å². The predicted octanol–water partition coefficient (Wildman–Crippen LogP) is 2.36. The van der Waals surface area contributed by atoms with Gasteiger partial charge in [0.2, 0.25) is 0 Å². The second kappa shape index (κ2) is 7.31. The Balaban J connectivity index is 1.98. The van der Waals surface area contributed by atoms with E-state index in [-0.39, 0.29) is 11.2 Å². The minimum absolute atomic E-state index is 0.287. The molecule has 0 amide bonds. The van der Waals surface area contributed by atoms with Crippen LogP contribution in [0.4, 0.5) is 0 Å². The number of benzene rings is 1. The summed E-state index contributed by atoms with van der Waals surface area (Å²) >= 11 is 1.31. The van der Waals surface area contributed by atoms with Gasteiger partial charge in [-0.15, -0.1) is 10.2 Å². The summed E-state index contributed by atoms with van der Waals surface area (Å²) in [4.78, 5) is 11.4. The molecule has 0 aliphatic carbocycles. The van der Waals surface area contributed by atoms with Crippen molar-refractivity contribution in [1.29, 1.82) is 0 Å². The maximum absolute atomic E-state index is 11.4. The number of ether oxygens (including phenoxy) is 2. The average Bonchev–Trinajstić information content (AvgIpc) is 2.86. The zero-order chi connectivity index (χ0) is 16.1. The number of nitrogens with zero attached hydrogens (tertiary/aromatic N) is 3. The molecule has 2 rings (SSSR count). The molecule has 1 heterocycles. The minimum Gasteiger partial charge on any atom is -0.486 e. The summed E-state index contributed by atoms with van der Waals surface area (Å²) in [5.41, 5.74) is 1.18. The van der Waals surface area contributed by atoms with Crippen LogP contribution in [0.3, 0.4) is 0 Å². The van der Waals surface area contributed by atoms with Crippen LogP contribution in [0.5, 0.6) is 5.75 Å². The van der Waals surface area contributed by atoms with Crippen LogP contribution in [-0.2, 0) is 23.2 Å². The number of hydrogen-bond donors (Lipinski definition) is 0. The lowest BCUT2D eigenvalue weighted by Crippen LogP contribution is -2.15. The molecule has 22 heavy (non-hydrogen) atoms. The Kier molecular flexibility index (Phi) is 5.43. The van der Waals surface area contributed by atoms with E-state index in [9.17, 15) is 4.79 Å². The van der Waals surface area contributed by atoms with Crippen molar-refractivity contribution in [2.45, 2.75) is 30.9 Å². The Morgan fingerprint density at radius 1 is 1.32 bits per heavy atom. The Labute approximate surface area is 133 Å². The van der Waals surface area contributed by atoms with Gasteiger partial charge in [0, 0.05) is 7.05 Å². The first-order valence-corrected chi connectivity index (χ1v) is 7.71. The van der Waals surface area contributed by atoms with E-state index in [4.69, 9.17) is 9.47 Å². The lowest BCUT2D eigenvalue weighted by molar-refractivity contribution is -0.139. The van der Waals surface area contributed by atoms with Crippen LogP contribution in [-0.4, -0.2) is 33.1 Å². The first-order chi connectivity index (χ1) is 10.5. The highest BCUT2D eigenvalue weighted by atomic mass is 32.2. The first-order valence-electron chi connectivity index (χ1n) is 6.83. The number of hydrogen-bond acceptors (Lipinski definition) is 6. The van der Waals surface area contributed by atoms with Crippen molar-refractivity contribution >= 4 is 17.7 Å². The SMILES string of the molecule is COC(=O)C(C)Sc1nnc(COc2ccc(C)cc2)n1C. The number of aryl methyl sites for hydroxylation is 1. The summed E-state index contributed by atoms with van der Waals surface area (Å²) in [7, 11) is 3.22. The highest BCUT2D eigenvalue weighted by Gasteiger charge is 2.19. The molecule has 2 aromatic rings. The summed E-state index contributed by atoms with van der Waals surface area (Å²) in [6.45, 7) is 4.12. The number of aromatic nitrogens is 3. The van der Waals surface area contributed by atoms with Gasteiger partial charge >= 0.3 is 5.97 Å². The Morgan fingerprint density at radius 2 is 2.00 bits per heavy atom. The normalized spacial score (nSPS) is 12.0. The van der Waals surface area contributed by atoms with E-state index in [0.29, 0.717) is 17.6 Å². The molecule has 0 aliphatic heterocycles. The van der Waals surface area contributed by atoms with Gasteiger partial charge in [-0.05, 0) is 26.0 Å². The second-order valence-corrected chi connectivity index (χ2v) is 6.15. The maximum atomic E-state index is 11.4. The Hall–Kier alpha value is -2.02. The van der Waals surface area contributed by atoms with Crippen molar-refractivity contribution in [3.63, 3.8) is 0 Å². The van der Waals surface area contributed by atoms with Gasteiger partial charge < -0.3 is 14.0 Å². The van der Waals surface area contributed by atoms with Gasteiger partial charge in [-0.3, -0.25) is 4.79 Å². The summed E-state index contributed by atoms with van der Waals surface area (Å²) in [5, 5.41) is 8.51. The molecule has 7 heteroatoms. The highest BCUT2D eigenvalue weighted by Crippen LogP contribution is 2.22. The molecule has 1 aromatic heterocycles. The minimum atomic E-state index is -0.334. The van der Waals surface area contributed by atoms with Gasteiger partial charge in [-0.1, -0.05) is 29.5 Å². The molecule has 0 aliphatic rings. The predicted molar refractivity (Wildman–Crippen MR) is 83.8 cm³/mol. The summed E-state index contributed by atoms with van der Waals surface area (Å²) < 4.78 is 12.2. The lowest BCUT2D eigenvalue weighted by atomic mass is 10.2. The summed E-state index contributed by atoms with van der Waals surface area (Å²) in [6.07, 6.45) is 0. The van der Waals surface area contributed by atoms with E-state index in [2.05, 4.69) is 10.2 Å². The van der Waals surface area contributed by atoms with Crippen molar-refractivity contribution in [2.24, 2.45) is 7.05 Å². The summed E-state index contributed by atoms with van der Waals surface area (Å²) in [5.74, 6) is 1.19. The Morgan fingerprint density at radius 3 is 2.64 bits per heavy atom. The van der Waals surface area contributed by atoms with Crippen molar-refractivity contribution in [3.8, 4) is 5.75 Å². The van der Waals surface area contributed by atoms with E-state index in [0.717, 1.165) is 5.75 Å². The number of esters is 1. The molecule has 1 aromatic carbocycles. The Bertz CT molecular complexity index is 640. The van der Waals surface area contributed by atoms with Gasteiger partial charge in [-0.2, -0.15) is 0 Å². The van der Waals surface area contributed by atoms with E-state index < -0.39 is 0 Å². The quantitative estimate of drug-likeness (QED) is 0.601. The first kappa shape index (κ1) is 16.4. The molecule has 1 atom stereocenters. The summed E-state index contributed by atoms with van der Waals surface area (Å²) in [6, 6.07) is 7.82. The van der Waals surface area contributed by atoms with E-state index in [1.54, 1.807) is 6.92 Å². The van der Waals surface area contributed by atoms with Crippen molar-refractivity contribution in [3.05, 3.63) is 35.7 Å². The van der Waals surface area contributed by atoms with E-state index in [1.807, 2.05) is 42.8 Å². The van der Waals surface area contributed by atoms with Crippen LogP contribution in [0.2, 0.25) is 0 Å². The molecular formula is C15H19N3O3S.